The molecule has 2 aromatic heterocycles. The van der Waals surface area contributed by atoms with Crippen molar-refractivity contribution in [2.75, 3.05) is 25.6 Å². The molecule has 180 valence electrons. The highest BCUT2D eigenvalue weighted by molar-refractivity contribution is 5.82. The van der Waals surface area contributed by atoms with Crippen LogP contribution in [0.4, 0.5) is 10.1 Å². The number of aromatic nitrogens is 2. The van der Waals surface area contributed by atoms with Crippen LogP contribution in [0.2, 0.25) is 0 Å². The molecule has 0 radical (unpaired) electrons. The maximum Gasteiger partial charge on any atom is 0.307 e. The lowest BCUT2D eigenvalue weighted by molar-refractivity contribution is -0.141. The van der Waals surface area contributed by atoms with E-state index in [2.05, 4.69) is 17.4 Å². The van der Waals surface area contributed by atoms with Gasteiger partial charge in [-0.2, -0.15) is 0 Å². The summed E-state index contributed by atoms with van der Waals surface area (Å²) in [5, 5.41) is 4.38. The summed E-state index contributed by atoms with van der Waals surface area (Å²) in [5.41, 5.74) is 5.10. The first kappa shape index (κ1) is 22.9. The summed E-state index contributed by atoms with van der Waals surface area (Å²) in [6, 6.07) is 18.0. The lowest BCUT2D eigenvalue weighted by atomic mass is 10.0. The van der Waals surface area contributed by atoms with E-state index in [0.29, 0.717) is 6.61 Å². The minimum atomic E-state index is -0.326. The number of hydrogen-bond donors (Lipinski definition) is 1. The second-order valence-electron chi connectivity index (χ2n) is 8.72. The highest BCUT2D eigenvalue weighted by atomic mass is 19.1. The van der Waals surface area contributed by atoms with Crippen molar-refractivity contribution >= 4 is 22.6 Å². The molecule has 1 N–H and O–H groups in total. The van der Waals surface area contributed by atoms with E-state index in [0.717, 1.165) is 65.1 Å². The quantitative estimate of drug-likeness (QED) is 0.352. The van der Waals surface area contributed by atoms with Crippen LogP contribution in [0.15, 0.2) is 66.9 Å². The van der Waals surface area contributed by atoms with E-state index < -0.39 is 0 Å². The molecule has 0 spiro atoms. The third-order valence-corrected chi connectivity index (χ3v) is 6.43. The van der Waals surface area contributed by atoms with E-state index in [1.54, 1.807) is 12.1 Å². The fraction of sp³-hybridized carbons (Fsp3) is 0.286. The van der Waals surface area contributed by atoms with Crippen LogP contribution in [0.5, 0.6) is 5.75 Å². The molecule has 0 saturated heterocycles. The normalized spacial score (nSPS) is 13.7. The number of aryl methyl sites for hydroxylation is 1. The van der Waals surface area contributed by atoms with E-state index in [-0.39, 0.29) is 24.2 Å². The van der Waals surface area contributed by atoms with Gasteiger partial charge in [-0.25, -0.2) is 4.39 Å². The van der Waals surface area contributed by atoms with E-state index >= 15 is 0 Å². The third-order valence-electron chi connectivity index (χ3n) is 6.43. The van der Waals surface area contributed by atoms with Gasteiger partial charge in [0.2, 0.25) is 0 Å². The molecular weight excluding hydrogens is 445 g/mol. The molecule has 0 aliphatic carbocycles. The maximum absolute atomic E-state index is 13.5. The number of halogens is 1. The van der Waals surface area contributed by atoms with Crippen LogP contribution in [-0.2, 0) is 22.4 Å². The van der Waals surface area contributed by atoms with Gasteiger partial charge in [0.1, 0.15) is 11.6 Å². The van der Waals surface area contributed by atoms with Crippen molar-refractivity contribution in [2.24, 2.45) is 0 Å². The Balaban J connectivity index is 1.31. The number of benzene rings is 2. The second-order valence-corrected chi connectivity index (χ2v) is 8.72. The smallest absolute Gasteiger partial charge is 0.307 e. The van der Waals surface area contributed by atoms with Crippen molar-refractivity contribution < 1.29 is 18.7 Å². The molecule has 0 bridgehead atoms. The molecule has 1 unspecified atom stereocenters. The zero-order valence-corrected chi connectivity index (χ0v) is 19.7. The molecule has 6 nitrogen and oxygen atoms in total. The summed E-state index contributed by atoms with van der Waals surface area (Å²) in [4.78, 5) is 16.9. The number of rotatable bonds is 8. The number of fused-ring (bicyclic) bond motifs is 2. The predicted molar refractivity (Wildman–Crippen MR) is 133 cm³/mol. The van der Waals surface area contributed by atoms with Crippen LogP contribution in [0.25, 0.3) is 10.9 Å². The first-order valence-electron chi connectivity index (χ1n) is 11.9. The molecule has 3 heterocycles. The molecular formula is C28H28FN3O3. The zero-order valence-electron chi connectivity index (χ0n) is 19.7. The zero-order chi connectivity index (χ0) is 24.2. The van der Waals surface area contributed by atoms with Crippen molar-refractivity contribution in [3.05, 3.63) is 89.6 Å². The number of carbonyl (C=O) groups excluding carboxylic acids is 1. The Morgan fingerprint density at radius 2 is 2.00 bits per heavy atom. The largest absolute Gasteiger partial charge is 0.493 e. The summed E-state index contributed by atoms with van der Waals surface area (Å²) >= 11 is 0. The fourth-order valence-electron chi connectivity index (χ4n) is 4.60. The lowest BCUT2D eigenvalue weighted by Crippen LogP contribution is -2.15. The topological polar surface area (TPSA) is 65.4 Å². The first-order chi connectivity index (χ1) is 17.1. The summed E-state index contributed by atoms with van der Waals surface area (Å²) < 4.78 is 26.4. The molecule has 2 aromatic carbocycles. The lowest BCUT2D eigenvalue weighted by Gasteiger charge is -2.20. The molecule has 1 aliphatic rings. The Bertz CT molecular complexity index is 1330. The third kappa shape index (κ3) is 5.14. The molecule has 4 aromatic rings. The van der Waals surface area contributed by atoms with Gasteiger partial charge in [-0.05, 0) is 66.9 Å². The van der Waals surface area contributed by atoms with Crippen LogP contribution < -0.4 is 10.1 Å². The van der Waals surface area contributed by atoms with Gasteiger partial charge >= 0.3 is 5.97 Å². The van der Waals surface area contributed by atoms with Crippen LogP contribution >= 0.6 is 0 Å². The molecule has 5 rings (SSSR count). The number of esters is 1. The Morgan fingerprint density at radius 1 is 1.14 bits per heavy atom. The van der Waals surface area contributed by atoms with Gasteiger partial charge in [0.15, 0.2) is 0 Å². The van der Waals surface area contributed by atoms with Gasteiger partial charge in [-0.3, -0.25) is 9.78 Å². The van der Waals surface area contributed by atoms with E-state index in [1.165, 1.54) is 19.2 Å². The molecule has 1 atom stereocenters. The standard InChI is InChI=1S/C28H28FN3O3/c1-34-28(33)18-27(19-4-6-21(29)7-5-19)32-15-12-20-17-23(9-11-26(20)32)35-16-13-22-8-10-24-25(31-22)3-2-14-30-24/h4-12,15,17,27,30H,2-3,13-14,16,18H2,1H3. The minimum Gasteiger partial charge on any atom is -0.493 e. The van der Waals surface area contributed by atoms with Crippen LogP contribution in [0.1, 0.15) is 35.8 Å². The number of carbonyl (C=O) groups is 1. The monoisotopic (exact) mass is 473 g/mol. The van der Waals surface area contributed by atoms with E-state index in [4.69, 9.17) is 14.5 Å². The maximum atomic E-state index is 13.5. The number of nitrogens with zero attached hydrogens (tertiary/aromatic N) is 2. The highest BCUT2D eigenvalue weighted by Crippen LogP contribution is 2.30. The SMILES string of the molecule is COC(=O)CC(c1ccc(F)cc1)n1ccc2cc(OCCc3ccc4c(n3)CCCN4)ccc21. The van der Waals surface area contributed by atoms with Crippen molar-refractivity contribution in [2.45, 2.75) is 31.7 Å². The Kier molecular flexibility index (Phi) is 6.66. The number of pyridine rings is 1. The molecule has 35 heavy (non-hydrogen) atoms. The van der Waals surface area contributed by atoms with Crippen LogP contribution in [0.3, 0.4) is 0 Å². The number of methoxy groups -OCH3 is 1. The Labute approximate surface area is 203 Å². The van der Waals surface area contributed by atoms with Gasteiger partial charge in [0.05, 0.1) is 37.6 Å². The van der Waals surface area contributed by atoms with Crippen LogP contribution in [0, 0.1) is 5.82 Å². The van der Waals surface area contributed by atoms with Gasteiger partial charge in [-0.1, -0.05) is 12.1 Å². The second kappa shape index (κ2) is 10.2. The molecule has 1 aliphatic heterocycles. The fourth-order valence-corrected chi connectivity index (χ4v) is 4.60. The van der Waals surface area contributed by atoms with Crippen molar-refractivity contribution in [1.82, 2.24) is 9.55 Å². The Morgan fingerprint density at radius 3 is 2.83 bits per heavy atom. The van der Waals surface area contributed by atoms with Crippen LogP contribution in [-0.4, -0.2) is 35.8 Å². The number of anilines is 1. The molecule has 0 saturated carbocycles. The summed E-state index contributed by atoms with van der Waals surface area (Å²) in [6.07, 6.45) is 4.95. The van der Waals surface area contributed by atoms with Gasteiger partial charge in [0.25, 0.3) is 0 Å². The molecule has 0 fully saturated rings. The summed E-state index contributed by atoms with van der Waals surface area (Å²) in [7, 11) is 1.37. The van der Waals surface area contributed by atoms with Crippen molar-refractivity contribution in [1.29, 1.82) is 0 Å². The summed E-state index contributed by atoms with van der Waals surface area (Å²) in [6.45, 7) is 1.54. The summed E-state index contributed by atoms with van der Waals surface area (Å²) in [5.74, 6) is 0.140. The first-order valence-corrected chi connectivity index (χ1v) is 11.9. The van der Waals surface area contributed by atoms with Gasteiger partial charge in [-0.15, -0.1) is 0 Å². The number of hydrogen-bond acceptors (Lipinski definition) is 5. The van der Waals surface area contributed by atoms with Crippen molar-refractivity contribution in [3.8, 4) is 5.75 Å². The number of ether oxygens (including phenoxy) is 2. The van der Waals surface area contributed by atoms with E-state index in [1.807, 2.05) is 35.0 Å². The van der Waals surface area contributed by atoms with E-state index in [9.17, 15) is 9.18 Å². The van der Waals surface area contributed by atoms with Gasteiger partial charge in [0, 0.05) is 35.8 Å². The average Bonchev–Trinajstić information content (AvgIpc) is 3.30. The van der Waals surface area contributed by atoms with Gasteiger partial charge < -0.3 is 19.4 Å². The predicted octanol–water partition coefficient (Wildman–Crippen LogP) is 5.31. The number of nitrogens with one attached hydrogen (secondary N) is 1. The molecule has 7 heteroatoms. The highest BCUT2D eigenvalue weighted by Gasteiger charge is 2.20. The Hall–Kier alpha value is -3.87. The minimum absolute atomic E-state index is 0.146. The van der Waals surface area contributed by atoms with Crippen molar-refractivity contribution in [3.63, 3.8) is 0 Å². The average molecular weight is 474 g/mol. The molecule has 0 amide bonds.